The Bertz CT molecular complexity index is 916. The third-order valence-electron chi connectivity index (χ3n) is 3.70. The minimum absolute atomic E-state index is 0.465. The molecule has 0 aliphatic heterocycles. The minimum atomic E-state index is -0.588. The van der Waals surface area contributed by atoms with E-state index in [1.165, 1.54) is 4.57 Å². The van der Waals surface area contributed by atoms with Gasteiger partial charge >= 0.3 is 6.09 Å². The molecule has 0 saturated carbocycles. The van der Waals surface area contributed by atoms with E-state index in [1.54, 1.807) is 18.3 Å². The van der Waals surface area contributed by atoms with E-state index in [0.717, 1.165) is 17.1 Å². The number of hydrogen-bond donors (Lipinski definition) is 0. The van der Waals surface area contributed by atoms with Crippen molar-refractivity contribution in [2.24, 2.45) is 0 Å². The smallest absolute Gasteiger partial charge is 0.418 e. The highest BCUT2D eigenvalue weighted by Crippen LogP contribution is 2.30. The first kappa shape index (κ1) is 16.0. The molecule has 3 rings (SSSR count). The molecule has 0 radical (unpaired) electrons. The number of carbonyl (C=O) groups is 2. The van der Waals surface area contributed by atoms with Crippen molar-refractivity contribution < 1.29 is 14.3 Å². The Hall–Kier alpha value is -2.88. The van der Waals surface area contributed by atoms with E-state index >= 15 is 0 Å². The van der Waals surface area contributed by atoms with Gasteiger partial charge in [-0.25, -0.2) is 4.79 Å². The number of aldehydes is 1. The van der Waals surface area contributed by atoms with Crippen LogP contribution in [0.1, 0.15) is 31.1 Å². The van der Waals surface area contributed by atoms with Gasteiger partial charge in [0.25, 0.3) is 0 Å². The van der Waals surface area contributed by atoms with Crippen molar-refractivity contribution in [2.45, 2.75) is 26.4 Å². The number of rotatable bonds is 2. The number of carbonyl (C=O) groups excluding carboxylic acids is 2. The van der Waals surface area contributed by atoms with Crippen molar-refractivity contribution in [3.05, 3.63) is 60.3 Å². The van der Waals surface area contributed by atoms with Gasteiger partial charge in [-0.1, -0.05) is 36.4 Å². The average molecular weight is 321 g/mol. The molecule has 0 aliphatic rings. The molecule has 1 aromatic heterocycles. The van der Waals surface area contributed by atoms with Crippen LogP contribution >= 0.6 is 0 Å². The van der Waals surface area contributed by atoms with E-state index in [9.17, 15) is 9.59 Å². The van der Waals surface area contributed by atoms with E-state index in [1.807, 2.05) is 57.2 Å². The second-order valence-corrected chi connectivity index (χ2v) is 6.61. The molecule has 1 heterocycles. The highest BCUT2D eigenvalue weighted by atomic mass is 16.6. The van der Waals surface area contributed by atoms with Gasteiger partial charge in [-0.05, 0) is 43.7 Å². The summed E-state index contributed by atoms with van der Waals surface area (Å²) in [6.45, 7) is 5.46. The lowest BCUT2D eigenvalue weighted by molar-refractivity contribution is 0.0540. The molecule has 4 heteroatoms. The minimum Gasteiger partial charge on any atom is -0.443 e. The number of benzene rings is 2. The Morgan fingerprint density at radius 1 is 1.04 bits per heavy atom. The highest BCUT2D eigenvalue weighted by molar-refractivity contribution is 6.04. The zero-order valence-electron chi connectivity index (χ0n) is 13.9. The fourth-order valence-electron chi connectivity index (χ4n) is 2.72. The van der Waals surface area contributed by atoms with Crippen molar-refractivity contribution in [1.82, 2.24) is 4.57 Å². The fourth-order valence-corrected chi connectivity index (χ4v) is 2.72. The number of nitrogens with zero attached hydrogens (tertiary/aromatic N) is 1. The summed E-state index contributed by atoms with van der Waals surface area (Å²) in [5, 5.41) is 1.85. The fraction of sp³-hybridized carbons (Fsp3) is 0.200. The molecule has 4 nitrogen and oxygen atoms in total. The second kappa shape index (κ2) is 5.96. The van der Waals surface area contributed by atoms with Crippen molar-refractivity contribution in [3.63, 3.8) is 0 Å². The van der Waals surface area contributed by atoms with E-state index in [4.69, 9.17) is 4.74 Å². The molecule has 0 atom stereocenters. The van der Waals surface area contributed by atoms with Crippen molar-refractivity contribution in [1.29, 1.82) is 0 Å². The zero-order valence-corrected chi connectivity index (χ0v) is 13.9. The SMILES string of the molecule is CC(C)(C)OC(=O)n1cccc1-c1ccc2ccccc2c1C=O. The quantitative estimate of drug-likeness (QED) is 0.630. The number of aromatic nitrogens is 1. The average Bonchev–Trinajstić information content (AvgIpc) is 3.01. The van der Waals surface area contributed by atoms with Gasteiger partial charge in [0.05, 0.1) is 5.69 Å². The van der Waals surface area contributed by atoms with Crippen LogP contribution in [-0.2, 0) is 4.74 Å². The van der Waals surface area contributed by atoms with Crippen LogP contribution in [-0.4, -0.2) is 22.5 Å². The molecule has 0 bridgehead atoms. The van der Waals surface area contributed by atoms with Gasteiger partial charge in [0, 0.05) is 17.3 Å². The van der Waals surface area contributed by atoms with Crippen molar-refractivity contribution in [3.8, 4) is 11.3 Å². The Morgan fingerprint density at radius 3 is 2.50 bits per heavy atom. The van der Waals surface area contributed by atoms with Gasteiger partial charge in [0.2, 0.25) is 0 Å². The molecule has 122 valence electrons. The van der Waals surface area contributed by atoms with Crippen molar-refractivity contribution in [2.75, 3.05) is 0 Å². The predicted octanol–water partition coefficient (Wildman–Crippen LogP) is 4.90. The molecule has 3 aromatic rings. The molecule has 24 heavy (non-hydrogen) atoms. The summed E-state index contributed by atoms with van der Waals surface area (Å²) in [5.74, 6) is 0. The predicted molar refractivity (Wildman–Crippen MR) is 94.4 cm³/mol. The summed E-state index contributed by atoms with van der Waals surface area (Å²) in [6.07, 6.45) is 2.02. The second-order valence-electron chi connectivity index (χ2n) is 6.61. The maximum atomic E-state index is 12.4. The highest BCUT2D eigenvalue weighted by Gasteiger charge is 2.21. The standard InChI is InChI=1S/C20H19NO3/c1-20(2,3)24-19(23)21-12-6-9-18(21)16-11-10-14-7-4-5-8-15(14)17(16)13-22/h4-13H,1-3H3. The van der Waals surface area contributed by atoms with E-state index in [2.05, 4.69) is 0 Å². The van der Waals surface area contributed by atoms with E-state index < -0.39 is 11.7 Å². The molecule has 0 aliphatic carbocycles. The maximum Gasteiger partial charge on any atom is 0.418 e. The van der Waals surface area contributed by atoms with Crippen LogP contribution in [0.2, 0.25) is 0 Å². The molecule has 0 unspecified atom stereocenters. The number of fused-ring (bicyclic) bond motifs is 1. The summed E-state index contributed by atoms with van der Waals surface area (Å²) in [4.78, 5) is 24.2. The topological polar surface area (TPSA) is 48.3 Å². The lowest BCUT2D eigenvalue weighted by Crippen LogP contribution is -2.27. The molecular weight excluding hydrogens is 302 g/mol. The molecule has 2 aromatic carbocycles. The molecule has 0 spiro atoms. The van der Waals surface area contributed by atoms with Crippen LogP contribution in [0.5, 0.6) is 0 Å². The normalized spacial score (nSPS) is 11.5. The van der Waals surface area contributed by atoms with E-state index in [0.29, 0.717) is 16.8 Å². The Balaban J connectivity index is 2.14. The summed E-state index contributed by atoms with van der Waals surface area (Å²) in [6, 6.07) is 15.1. The van der Waals surface area contributed by atoms with Crippen LogP contribution < -0.4 is 0 Å². The van der Waals surface area contributed by atoms with Gasteiger partial charge in [-0.3, -0.25) is 9.36 Å². The third-order valence-corrected chi connectivity index (χ3v) is 3.70. The third kappa shape index (κ3) is 2.95. The first-order valence-electron chi connectivity index (χ1n) is 7.79. The van der Waals surface area contributed by atoms with Crippen LogP contribution in [0.4, 0.5) is 4.79 Å². The van der Waals surface area contributed by atoms with Crippen LogP contribution in [0, 0.1) is 0 Å². The maximum absolute atomic E-state index is 12.4. The van der Waals surface area contributed by atoms with Crippen LogP contribution in [0.15, 0.2) is 54.7 Å². The summed E-state index contributed by atoms with van der Waals surface area (Å²) in [7, 11) is 0. The van der Waals surface area contributed by atoms with Gasteiger partial charge in [-0.2, -0.15) is 0 Å². The largest absolute Gasteiger partial charge is 0.443 e. The summed E-state index contributed by atoms with van der Waals surface area (Å²) in [5.41, 5.74) is 1.32. The zero-order chi connectivity index (χ0) is 17.3. The lowest BCUT2D eigenvalue weighted by atomic mass is 9.98. The van der Waals surface area contributed by atoms with Gasteiger partial charge in [0.15, 0.2) is 6.29 Å². The van der Waals surface area contributed by atoms with Gasteiger partial charge < -0.3 is 4.74 Å². The summed E-state index contributed by atoms with van der Waals surface area (Å²) < 4.78 is 6.87. The van der Waals surface area contributed by atoms with Crippen LogP contribution in [0.25, 0.3) is 22.0 Å². The van der Waals surface area contributed by atoms with Crippen molar-refractivity contribution >= 4 is 23.2 Å². The Kier molecular flexibility index (Phi) is 3.97. The van der Waals surface area contributed by atoms with Gasteiger partial charge in [-0.15, -0.1) is 0 Å². The molecular formula is C20H19NO3. The lowest BCUT2D eigenvalue weighted by Gasteiger charge is -2.20. The number of hydrogen-bond acceptors (Lipinski definition) is 3. The monoisotopic (exact) mass is 321 g/mol. The Morgan fingerprint density at radius 2 is 1.79 bits per heavy atom. The first-order valence-corrected chi connectivity index (χ1v) is 7.79. The molecule has 0 fully saturated rings. The van der Waals surface area contributed by atoms with Crippen LogP contribution in [0.3, 0.4) is 0 Å². The van der Waals surface area contributed by atoms with E-state index in [-0.39, 0.29) is 0 Å². The molecule has 0 N–H and O–H groups in total. The molecule has 0 saturated heterocycles. The first-order chi connectivity index (χ1) is 11.4. The molecule has 0 amide bonds. The van der Waals surface area contributed by atoms with Gasteiger partial charge in [0.1, 0.15) is 5.60 Å². The summed E-state index contributed by atoms with van der Waals surface area (Å²) >= 11 is 0. The Labute approximate surface area is 140 Å². The number of ether oxygens (including phenoxy) is 1.